The van der Waals surface area contributed by atoms with Gasteiger partial charge in [-0.15, -0.1) is 11.3 Å². The SMILES string of the molecule is Cc1nc2cc(NC(=O)C3CC34CCN(Cc3cccn3-c3cccnc3)CC4)ccc2s1. The minimum Gasteiger partial charge on any atom is -0.326 e. The molecule has 7 heteroatoms. The molecule has 1 aromatic carbocycles. The van der Waals surface area contributed by atoms with Crippen LogP contribution in [0.1, 0.15) is 30.0 Å². The predicted molar refractivity (Wildman–Crippen MR) is 132 cm³/mol. The number of piperidine rings is 1. The second-order valence-electron chi connectivity index (χ2n) is 9.38. The maximum Gasteiger partial charge on any atom is 0.228 e. The molecule has 1 saturated heterocycles. The van der Waals surface area contributed by atoms with Crippen LogP contribution in [0.4, 0.5) is 5.69 Å². The summed E-state index contributed by atoms with van der Waals surface area (Å²) >= 11 is 1.68. The molecular formula is C26H27N5OS. The van der Waals surface area contributed by atoms with Crippen LogP contribution in [0.2, 0.25) is 0 Å². The standard InChI is InChI=1S/C26H27N5OS/c1-18-28-23-14-19(6-7-24(23)33-18)29-25(32)22-15-26(22)8-12-30(13-9-26)17-21-5-3-11-31(21)20-4-2-10-27-16-20/h2-7,10-11,14,16,22H,8-9,12-13,15,17H2,1H3,(H,29,32). The lowest BCUT2D eigenvalue weighted by atomic mass is 9.90. The number of amides is 1. The van der Waals surface area contributed by atoms with Crippen LogP contribution in [0, 0.1) is 18.3 Å². The number of nitrogens with one attached hydrogen (secondary N) is 1. The van der Waals surface area contributed by atoms with E-state index in [9.17, 15) is 4.79 Å². The zero-order valence-corrected chi connectivity index (χ0v) is 19.5. The topological polar surface area (TPSA) is 63.1 Å². The van der Waals surface area contributed by atoms with Gasteiger partial charge in [-0.1, -0.05) is 0 Å². The number of aromatic nitrogens is 3. The third kappa shape index (κ3) is 3.96. The Bertz CT molecular complexity index is 1300. The fraction of sp³-hybridized carbons (Fsp3) is 0.346. The van der Waals surface area contributed by atoms with E-state index in [-0.39, 0.29) is 17.2 Å². The molecule has 1 unspecified atom stereocenters. The number of pyridine rings is 1. The minimum atomic E-state index is 0.131. The first-order chi connectivity index (χ1) is 16.1. The van der Waals surface area contributed by atoms with Crippen LogP contribution in [0.3, 0.4) is 0 Å². The first-order valence-electron chi connectivity index (χ1n) is 11.6. The summed E-state index contributed by atoms with van der Waals surface area (Å²) in [6.07, 6.45) is 8.98. The van der Waals surface area contributed by atoms with Gasteiger partial charge in [0, 0.05) is 36.2 Å². The minimum absolute atomic E-state index is 0.131. The molecule has 0 bridgehead atoms. The number of thiazole rings is 1. The second-order valence-corrected chi connectivity index (χ2v) is 10.6. The Hall–Kier alpha value is -3.03. The number of benzene rings is 1. The Balaban J connectivity index is 1.06. The number of aryl methyl sites for hydroxylation is 1. The lowest BCUT2D eigenvalue weighted by Crippen LogP contribution is -2.36. The molecule has 2 fully saturated rings. The molecule has 1 saturated carbocycles. The fourth-order valence-electron chi connectivity index (χ4n) is 5.30. The molecule has 1 spiro atoms. The van der Waals surface area contributed by atoms with E-state index in [0.717, 1.165) is 65.5 Å². The molecular weight excluding hydrogens is 430 g/mol. The van der Waals surface area contributed by atoms with Crippen molar-refractivity contribution in [2.45, 2.75) is 32.7 Å². The van der Waals surface area contributed by atoms with Crippen LogP contribution in [0.25, 0.3) is 15.9 Å². The van der Waals surface area contributed by atoms with Gasteiger partial charge in [-0.3, -0.25) is 14.7 Å². The van der Waals surface area contributed by atoms with Gasteiger partial charge in [-0.25, -0.2) is 4.98 Å². The molecule has 1 amide bonds. The number of hydrogen-bond donors (Lipinski definition) is 1. The van der Waals surface area contributed by atoms with Gasteiger partial charge in [0.1, 0.15) is 0 Å². The second kappa shape index (κ2) is 8.08. The summed E-state index contributed by atoms with van der Waals surface area (Å²) in [5.74, 6) is 0.298. The first-order valence-corrected chi connectivity index (χ1v) is 12.4. The van der Waals surface area contributed by atoms with E-state index in [1.54, 1.807) is 17.5 Å². The molecule has 1 atom stereocenters. The lowest BCUT2D eigenvalue weighted by molar-refractivity contribution is -0.118. The third-order valence-electron chi connectivity index (χ3n) is 7.26. The molecule has 4 heterocycles. The highest BCUT2D eigenvalue weighted by Gasteiger charge is 2.58. The zero-order chi connectivity index (χ0) is 22.4. The summed E-state index contributed by atoms with van der Waals surface area (Å²) in [6.45, 7) is 5.00. The van der Waals surface area contributed by atoms with Crippen molar-refractivity contribution in [1.29, 1.82) is 0 Å². The number of hydrogen-bond acceptors (Lipinski definition) is 5. The number of likely N-dealkylation sites (tertiary alicyclic amines) is 1. The van der Waals surface area contributed by atoms with Crippen LogP contribution in [0.15, 0.2) is 61.1 Å². The molecule has 1 aliphatic heterocycles. The van der Waals surface area contributed by atoms with Crippen molar-refractivity contribution in [2.75, 3.05) is 18.4 Å². The summed E-state index contributed by atoms with van der Waals surface area (Å²) in [5.41, 5.74) is 4.37. The van der Waals surface area contributed by atoms with E-state index in [1.807, 2.05) is 31.3 Å². The smallest absolute Gasteiger partial charge is 0.228 e. The first kappa shape index (κ1) is 20.6. The maximum absolute atomic E-state index is 13.0. The number of anilines is 1. The molecule has 6 rings (SSSR count). The van der Waals surface area contributed by atoms with Crippen LogP contribution >= 0.6 is 11.3 Å². The molecule has 33 heavy (non-hydrogen) atoms. The van der Waals surface area contributed by atoms with Gasteiger partial charge >= 0.3 is 0 Å². The Kier molecular flexibility index (Phi) is 5.03. The van der Waals surface area contributed by atoms with Crippen molar-refractivity contribution >= 4 is 33.1 Å². The largest absolute Gasteiger partial charge is 0.326 e. The van der Waals surface area contributed by atoms with Crippen LogP contribution in [0.5, 0.6) is 0 Å². The Morgan fingerprint density at radius 3 is 2.91 bits per heavy atom. The number of carbonyl (C=O) groups is 1. The third-order valence-corrected chi connectivity index (χ3v) is 8.21. The van der Waals surface area contributed by atoms with Crippen molar-refractivity contribution in [3.8, 4) is 5.69 Å². The van der Waals surface area contributed by atoms with Crippen LogP contribution in [-0.2, 0) is 11.3 Å². The molecule has 0 radical (unpaired) electrons. The maximum atomic E-state index is 13.0. The normalized spacial score (nSPS) is 19.7. The molecule has 168 valence electrons. The highest BCUT2D eigenvalue weighted by Crippen LogP contribution is 2.59. The number of fused-ring (bicyclic) bond motifs is 1. The molecule has 1 aliphatic carbocycles. The number of rotatable bonds is 5. The zero-order valence-electron chi connectivity index (χ0n) is 18.7. The monoisotopic (exact) mass is 457 g/mol. The van der Waals surface area contributed by atoms with Crippen molar-refractivity contribution in [2.24, 2.45) is 11.3 Å². The average molecular weight is 458 g/mol. The van der Waals surface area contributed by atoms with Gasteiger partial charge in [-0.05, 0) is 87.2 Å². The molecule has 6 nitrogen and oxygen atoms in total. The molecule has 2 aliphatic rings. The number of nitrogens with zero attached hydrogens (tertiary/aromatic N) is 4. The molecule has 1 N–H and O–H groups in total. The summed E-state index contributed by atoms with van der Waals surface area (Å²) in [7, 11) is 0. The van der Waals surface area contributed by atoms with E-state index in [1.165, 1.54) is 5.69 Å². The van der Waals surface area contributed by atoms with Gasteiger partial charge in [-0.2, -0.15) is 0 Å². The van der Waals surface area contributed by atoms with E-state index in [0.29, 0.717) is 0 Å². The summed E-state index contributed by atoms with van der Waals surface area (Å²) in [4.78, 5) is 24.3. The van der Waals surface area contributed by atoms with Crippen molar-refractivity contribution in [3.05, 3.63) is 71.8 Å². The Morgan fingerprint density at radius 1 is 1.21 bits per heavy atom. The summed E-state index contributed by atoms with van der Waals surface area (Å²) in [5, 5.41) is 4.20. The van der Waals surface area contributed by atoms with Crippen LogP contribution in [-0.4, -0.2) is 38.4 Å². The van der Waals surface area contributed by atoms with Gasteiger partial charge in [0.15, 0.2) is 0 Å². The molecule has 3 aromatic heterocycles. The van der Waals surface area contributed by atoms with Gasteiger partial charge in [0.25, 0.3) is 0 Å². The highest BCUT2D eigenvalue weighted by molar-refractivity contribution is 7.18. The van der Waals surface area contributed by atoms with Crippen molar-refractivity contribution in [1.82, 2.24) is 19.4 Å². The van der Waals surface area contributed by atoms with E-state index in [2.05, 4.69) is 55.2 Å². The van der Waals surface area contributed by atoms with Gasteiger partial charge in [0.2, 0.25) is 5.91 Å². The van der Waals surface area contributed by atoms with Gasteiger partial charge < -0.3 is 9.88 Å². The quantitative estimate of drug-likeness (QED) is 0.457. The van der Waals surface area contributed by atoms with Crippen molar-refractivity contribution in [3.63, 3.8) is 0 Å². The predicted octanol–water partition coefficient (Wildman–Crippen LogP) is 5.03. The average Bonchev–Trinajstić information content (AvgIpc) is 3.13. The lowest BCUT2D eigenvalue weighted by Gasteiger charge is -2.33. The number of carbonyl (C=O) groups excluding carboxylic acids is 1. The van der Waals surface area contributed by atoms with Gasteiger partial charge in [0.05, 0.1) is 27.1 Å². The molecule has 4 aromatic rings. The highest BCUT2D eigenvalue weighted by atomic mass is 32.1. The Labute approximate surface area is 197 Å². The summed E-state index contributed by atoms with van der Waals surface area (Å²) < 4.78 is 3.38. The summed E-state index contributed by atoms with van der Waals surface area (Å²) in [6, 6.07) is 14.4. The van der Waals surface area contributed by atoms with E-state index in [4.69, 9.17) is 0 Å². The van der Waals surface area contributed by atoms with E-state index < -0.39 is 0 Å². The Morgan fingerprint density at radius 2 is 2.09 bits per heavy atom. The van der Waals surface area contributed by atoms with E-state index >= 15 is 0 Å². The van der Waals surface area contributed by atoms with Crippen LogP contribution < -0.4 is 5.32 Å². The van der Waals surface area contributed by atoms with Crippen molar-refractivity contribution < 1.29 is 4.79 Å². The fourth-order valence-corrected chi connectivity index (χ4v) is 6.11.